The lowest BCUT2D eigenvalue weighted by Gasteiger charge is -2.32. The van der Waals surface area contributed by atoms with E-state index in [9.17, 15) is 9.59 Å². The van der Waals surface area contributed by atoms with Gasteiger partial charge in [0.1, 0.15) is 0 Å². The van der Waals surface area contributed by atoms with Crippen LogP contribution >= 0.6 is 0 Å². The van der Waals surface area contributed by atoms with E-state index < -0.39 is 0 Å². The maximum absolute atomic E-state index is 12.7. The molecule has 0 radical (unpaired) electrons. The largest absolute Gasteiger partial charge is 0.332 e. The predicted molar refractivity (Wildman–Crippen MR) is 106 cm³/mol. The molecule has 1 saturated carbocycles. The van der Waals surface area contributed by atoms with Crippen molar-refractivity contribution in [1.29, 1.82) is 0 Å². The smallest absolute Gasteiger partial charge is 0.244 e. The standard InChI is InChI=1S/C21H33N3O2/c1-4-14-24(15-20(25)22-19-13-9-8-10-17(19)2)21(26)16-23(3)18-11-6-5-7-12-18/h8-10,13,18H,4-7,11-12,14-16H2,1-3H3,(H,22,25). The minimum absolute atomic E-state index is 0.0415. The molecule has 26 heavy (non-hydrogen) atoms. The number of hydrogen-bond donors (Lipinski definition) is 1. The van der Waals surface area contributed by atoms with Gasteiger partial charge in [0.05, 0.1) is 13.1 Å². The van der Waals surface area contributed by atoms with Crippen molar-refractivity contribution in [3.63, 3.8) is 0 Å². The number of rotatable bonds is 8. The van der Waals surface area contributed by atoms with E-state index in [-0.39, 0.29) is 18.4 Å². The highest BCUT2D eigenvalue weighted by Crippen LogP contribution is 2.21. The first-order valence-corrected chi connectivity index (χ1v) is 9.84. The number of carbonyl (C=O) groups is 2. The van der Waals surface area contributed by atoms with Gasteiger partial charge in [-0.3, -0.25) is 14.5 Å². The van der Waals surface area contributed by atoms with Crippen LogP contribution in [0.15, 0.2) is 24.3 Å². The van der Waals surface area contributed by atoms with Gasteiger partial charge in [0, 0.05) is 18.3 Å². The number of hydrogen-bond acceptors (Lipinski definition) is 3. The summed E-state index contributed by atoms with van der Waals surface area (Å²) in [6, 6.07) is 8.19. The second kappa shape index (κ2) is 10.3. The third kappa shape index (κ3) is 6.13. The van der Waals surface area contributed by atoms with E-state index in [1.807, 2.05) is 45.2 Å². The third-order valence-corrected chi connectivity index (χ3v) is 5.18. The van der Waals surface area contributed by atoms with Crippen molar-refractivity contribution in [1.82, 2.24) is 9.80 Å². The molecule has 0 atom stereocenters. The maximum atomic E-state index is 12.7. The molecule has 1 N–H and O–H groups in total. The normalized spacial score (nSPS) is 15.1. The molecule has 5 heteroatoms. The molecule has 0 aromatic heterocycles. The Labute approximate surface area is 157 Å². The number of nitrogens with zero attached hydrogens (tertiary/aromatic N) is 2. The molecule has 1 aliphatic carbocycles. The van der Waals surface area contributed by atoms with Crippen LogP contribution < -0.4 is 5.32 Å². The maximum Gasteiger partial charge on any atom is 0.244 e. The molecule has 0 saturated heterocycles. The second-order valence-corrected chi connectivity index (χ2v) is 7.39. The van der Waals surface area contributed by atoms with E-state index in [0.29, 0.717) is 19.1 Å². The summed E-state index contributed by atoms with van der Waals surface area (Å²) in [7, 11) is 2.03. The average molecular weight is 360 g/mol. The molecule has 0 spiro atoms. The Hall–Kier alpha value is -1.88. The Morgan fingerprint density at radius 2 is 1.81 bits per heavy atom. The number of nitrogens with one attached hydrogen (secondary N) is 1. The van der Waals surface area contributed by atoms with Gasteiger partial charge in [-0.05, 0) is 44.9 Å². The zero-order valence-electron chi connectivity index (χ0n) is 16.5. The number of carbonyl (C=O) groups excluding carboxylic acids is 2. The van der Waals surface area contributed by atoms with Gasteiger partial charge in [0.15, 0.2) is 0 Å². The van der Waals surface area contributed by atoms with Gasteiger partial charge >= 0.3 is 0 Å². The molecule has 1 fully saturated rings. The molecule has 1 aromatic rings. The fourth-order valence-corrected chi connectivity index (χ4v) is 3.60. The summed E-state index contributed by atoms with van der Waals surface area (Å²) < 4.78 is 0. The molecule has 1 aliphatic rings. The first kappa shape index (κ1) is 20.4. The number of benzene rings is 1. The van der Waals surface area contributed by atoms with E-state index in [1.54, 1.807) is 4.90 Å². The van der Waals surface area contributed by atoms with E-state index in [1.165, 1.54) is 32.1 Å². The molecule has 0 bridgehead atoms. The van der Waals surface area contributed by atoms with Crippen LogP contribution in [0.25, 0.3) is 0 Å². The quantitative estimate of drug-likeness (QED) is 0.774. The highest BCUT2D eigenvalue weighted by atomic mass is 16.2. The van der Waals surface area contributed by atoms with E-state index in [4.69, 9.17) is 0 Å². The molecular formula is C21H33N3O2. The Bertz CT molecular complexity index is 597. The summed E-state index contributed by atoms with van der Waals surface area (Å²) in [6.45, 7) is 5.11. The van der Waals surface area contributed by atoms with Crippen LogP contribution in [-0.4, -0.2) is 54.3 Å². The number of para-hydroxylation sites is 1. The molecule has 2 amide bonds. The van der Waals surface area contributed by atoms with Gasteiger partial charge in [0.2, 0.25) is 11.8 Å². The summed E-state index contributed by atoms with van der Waals surface area (Å²) in [5.74, 6) is -0.0960. The molecular weight excluding hydrogens is 326 g/mol. The SMILES string of the molecule is CCCN(CC(=O)Nc1ccccc1C)C(=O)CN(C)C1CCCCC1. The first-order valence-electron chi connectivity index (χ1n) is 9.84. The van der Waals surface area contributed by atoms with Gasteiger partial charge < -0.3 is 10.2 Å². The van der Waals surface area contributed by atoms with Crippen molar-refractivity contribution < 1.29 is 9.59 Å². The number of likely N-dealkylation sites (N-methyl/N-ethyl adjacent to an activating group) is 1. The number of amides is 2. The van der Waals surface area contributed by atoms with Gasteiger partial charge in [0.25, 0.3) is 0 Å². The molecule has 2 rings (SSSR count). The Morgan fingerprint density at radius 1 is 1.12 bits per heavy atom. The van der Waals surface area contributed by atoms with Gasteiger partial charge in [-0.15, -0.1) is 0 Å². The van der Waals surface area contributed by atoms with E-state index >= 15 is 0 Å². The van der Waals surface area contributed by atoms with Crippen LogP contribution in [0.1, 0.15) is 51.0 Å². The predicted octanol–water partition coefficient (Wildman–Crippen LogP) is 3.44. The van der Waals surface area contributed by atoms with Crippen LogP contribution in [0, 0.1) is 6.92 Å². The molecule has 5 nitrogen and oxygen atoms in total. The minimum atomic E-state index is -0.138. The molecule has 0 aliphatic heterocycles. The second-order valence-electron chi connectivity index (χ2n) is 7.39. The molecule has 144 valence electrons. The fraction of sp³-hybridized carbons (Fsp3) is 0.619. The first-order chi connectivity index (χ1) is 12.5. The van der Waals surface area contributed by atoms with Gasteiger partial charge in [-0.1, -0.05) is 44.4 Å². The van der Waals surface area contributed by atoms with Gasteiger partial charge in [-0.2, -0.15) is 0 Å². The summed E-state index contributed by atoms with van der Waals surface area (Å²) >= 11 is 0. The Morgan fingerprint density at radius 3 is 2.46 bits per heavy atom. The van der Waals surface area contributed by atoms with Crippen molar-refractivity contribution in [2.75, 3.05) is 32.0 Å². The molecule has 1 aromatic carbocycles. The topological polar surface area (TPSA) is 52.7 Å². The zero-order chi connectivity index (χ0) is 18.9. The highest BCUT2D eigenvalue weighted by Gasteiger charge is 2.23. The summed E-state index contributed by atoms with van der Waals surface area (Å²) in [4.78, 5) is 29.0. The van der Waals surface area contributed by atoms with E-state index in [0.717, 1.165) is 17.7 Å². The van der Waals surface area contributed by atoms with Crippen LogP contribution in [0.4, 0.5) is 5.69 Å². The van der Waals surface area contributed by atoms with Crippen molar-refractivity contribution in [2.45, 2.75) is 58.4 Å². The van der Waals surface area contributed by atoms with Crippen LogP contribution in [0.2, 0.25) is 0 Å². The average Bonchev–Trinajstić information content (AvgIpc) is 2.64. The van der Waals surface area contributed by atoms with Gasteiger partial charge in [-0.25, -0.2) is 0 Å². The molecule has 0 unspecified atom stereocenters. The number of anilines is 1. The summed E-state index contributed by atoms with van der Waals surface area (Å²) in [5, 5.41) is 2.92. The lowest BCUT2D eigenvalue weighted by molar-refractivity contribution is -0.136. The van der Waals surface area contributed by atoms with Crippen molar-refractivity contribution >= 4 is 17.5 Å². The Balaban J connectivity index is 1.90. The minimum Gasteiger partial charge on any atom is -0.332 e. The van der Waals surface area contributed by atoms with Crippen LogP contribution in [0.5, 0.6) is 0 Å². The van der Waals surface area contributed by atoms with Crippen molar-refractivity contribution in [3.05, 3.63) is 29.8 Å². The van der Waals surface area contributed by atoms with E-state index in [2.05, 4.69) is 10.2 Å². The van der Waals surface area contributed by atoms with Crippen molar-refractivity contribution in [2.24, 2.45) is 0 Å². The fourth-order valence-electron chi connectivity index (χ4n) is 3.60. The van der Waals surface area contributed by atoms with Crippen LogP contribution in [-0.2, 0) is 9.59 Å². The zero-order valence-corrected chi connectivity index (χ0v) is 16.5. The Kier molecular flexibility index (Phi) is 8.10. The highest BCUT2D eigenvalue weighted by molar-refractivity contribution is 5.95. The van der Waals surface area contributed by atoms with Crippen LogP contribution in [0.3, 0.4) is 0 Å². The number of aryl methyl sites for hydroxylation is 1. The monoisotopic (exact) mass is 359 g/mol. The summed E-state index contributed by atoms with van der Waals surface area (Å²) in [5.41, 5.74) is 1.83. The summed E-state index contributed by atoms with van der Waals surface area (Å²) in [6.07, 6.45) is 6.99. The van der Waals surface area contributed by atoms with Crippen molar-refractivity contribution in [3.8, 4) is 0 Å². The third-order valence-electron chi connectivity index (χ3n) is 5.18. The lowest BCUT2D eigenvalue weighted by atomic mass is 9.94. The lowest BCUT2D eigenvalue weighted by Crippen LogP contribution is -2.46. The molecule has 0 heterocycles.